The lowest BCUT2D eigenvalue weighted by Gasteiger charge is -2.09. The number of nitrogens with zero attached hydrogens (tertiary/aromatic N) is 1. The zero-order valence-corrected chi connectivity index (χ0v) is 20.0. The van der Waals surface area contributed by atoms with E-state index in [0.29, 0.717) is 0 Å². The molecule has 1 nitrogen and oxygen atoms in total. The highest BCUT2D eigenvalue weighted by Gasteiger charge is 2.18. The van der Waals surface area contributed by atoms with E-state index in [9.17, 15) is 0 Å². The van der Waals surface area contributed by atoms with Crippen LogP contribution < -0.4 is 0 Å². The molecule has 0 aliphatic rings. The Balaban J connectivity index is 1.69. The van der Waals surface area contributed by atoms with Crippen LogP contribution in [0.4, 0.5) is 0 Å². The normalized spacial score (nSPS) is 11.8. The van der Waals surface area contributed by atoms with E-state index in [1.807, 2.05) is 11.3 Å². The van der Waals surface area contributed by atoms with Gasteiger partial charge in [-0.2, -0.15) is 0 Å². The summed E-state index contributed by atoms with van der Waals surface area (Å²) in [5, 5.41) is 5.21. The van der Waals surface area contributed by atoms with Gasteiger partial charge in [0, 0.05) is 41.1 Å². The molecule has 0 saturated heterocycles. The van der Waals surface area contributed by atoms with Crippen molar-refractivity contribution in [1.82, 2.24) is 4.57 Å². The molecule has 0 spiro atoms. The van der Waals surface area contributed by atoms with Gasteiger partial charge in [-0.1, -0.05) is 76.6 Å². The maximum absolute atomic E-state index is 3.70. The number of para-hydroxylation sites is 1. The fourth-order valence-corrected chi connectivity index (χ4v) is 6.45. The Labute approximate surface area is 203 Å². The zero-order valence-electron chi connectivity index (χ0n) is 17.6. The topological polar surface area (TPSA) is 4.93 Å². The first-order valence-electron chi connectivity index (χ1n) is 11.0. The summed E-state index contributed by atoms with van der Waals surface area (Å²) in [4.78, 5) is 0. The van der Waals surface area contributed by atoms with Crippen molar-refractivity contribution in [3.8, 4) is 16.8 Å². The van der Waals surface area contributed by atoms with Gasteiger partial charge in [0.05, 0.1) is 11.0 Å². The first-order chi connectivity index (χ1) is 16.3. The van der Waals surface area contributed by atoms with Crippen LogP contribution in [0.1, 0.15) is 0 Å². The molecule has 3 heteroatoms. The molecule has 0 amide bonds. The Morgan fingerprint density at radius 1 is 0.576 bits per heavy atom. The quantitative estimate of drug-likeness (QED) is 0.221. The third-order valence-corrected chi connectivity index (χ3v) is 8.07. The van der Waals surface area contributed by atoms with Crippen molar-refractivity contribution in [3.05, 3.63) is 114 Å². The lowest BCUT2D eigenvalue weighted by molar-refractivity contribution is 1.19. The number of aromatic nitrogens is 1. The van der Waals surface area contributed by atoms with Crippen LogP contribution in [0.15, 0.2) is 114 Å². The van der Waals surface area contributed by atoms with Crippen molar-refractivity contribution in [2.24, 2.45) is 0 Å². The first kappa shape index (κ1) is 19.1. The van der Waals surface area contributed by atoms with E-state index in [-0.39, 0.29) is 0 Å². The summed E-state index contributed by atoms with van der Waals surface area (Å²) in [6, 6.07) is 39.4. The molecular weight excluding hydrogens is 486 g/mol. The van der Waals surface area contributed by atoms with Crippen LogP contribution in [-0.2, 0) is 0 Å². The average molecular weight is 504 g/mol. The van der Waals surface area contributed by atoms with E-state index in [4.69, 9.17) is 0 Å². The Morgan fingerprint density at radius 2 is 1.33 bits per heavy atom. The second kappa shape index (κ2) is 7.31. The monoisotopic (exact) mass is 503 g/mol. The van der Waals surface area contributed by atoms with Crippen molar-refractivity contribution in [3.63, 3.8) is 0 Å². The second-order valence-electron chi connectivity index (χ2n) is 8.35. The molecule has 0 atom stereocenters. The Kier molecular flexibility index (Phi) is 4.23. The largest absolute Gasteiger partial charge is 0.309 e. The molecule has 156 valence electrons. The van der Waals surface area contributed by atoms with Gasteiger partial charge in [0.25, 0.3) is 0 Å². The fourth-order valence-electron chi connectivity index (χ4n) is 5.00. The van der Waals surface area contributed by atoms with Gasteiger partial charge in [0.1, 0.15) is 0 Å². The van der Waals surface area contributed by atoms with Crippen LogP contribution in [0.25, 0.3) is 58.8 Å². The molecule has 0 aliphatic carbocycles. The summed E-state index contributed by atoms with van der Waals surface area (Å²) in [6.07, 6.45) is 0. The van der Waals surface area contributed by atoms with Crippen molar-refractivity contribution >= 4 is 69.2 Å². The third-order valence-electron chi connectivity index (χ3n) is 6.44. The molecule has 7 rings (SSSR count). The van der Waals surface area contributed by atoms with Crippen molar-refractivity contribution in [1.29, 1.82) is 0 Å². The van der Waals surface area contributed by atoms with E-state index in [1.165, 1.54) is 58.8 Å². The molecule has 0 fully saturated rings. The molecule has 33 heavy (non-hydrogen) atoms. The maximum atomic E-state index is 3.70. The van der Waals surface area contributed by atoms with Gasteiger partial charge >= 0.3 is 0 Å². The van der Waals surface area contributed by atoms with Crippen molar-refractivity contribution in [2.45, 2.75) is 0 Å². The fraction of sp³-hybridized carbons (Fsp3) is 0. The maximum Gasteiger partial charge on any atom is 0.0634 e. The van der Waals surface area contributed by atoms with E-state index in [1.54, 1.807) is 0 Å². The van der Waals surface area contributed by atoms with Gasteiger partial charge in [-0.25, -0.2) is 0 Å². The van der Waals surface area contributed by atoms with Gasteiger partial charge in [-0.15, -0.1) is 11.3 Å². The summed E-state index contributed by atoms with van der Waals surface area (Å²) in [5.74, 6) is 0. The van der Waals surface area contributed by atoms with Gasteiger partial charge in [-0.3, -0.25) is 0 Å². The molecule has 0 unspecified atom stereocenters. The number of fused-ring (bicyclic) bond motifs is 7. The molecule has 2 aromatic heterocycles. The molecule has 7 aromatic rings. The van der Waals surface area contributed by atoms with Crippen LogP contribution in [0.3, 0.4) is 0 Å². The minimum Gasteiger partial charge on any atom is -0.309 e. The number of hydrogen-bond acceptors (Lipinski definition) is 1. The lowest BCUT2D eigenvalue weighted by Crippen LogP contribution is -1.93. The van der Waals surface area contributed by atoms with Crippen LogP contribution >= 0.6 is 27.3 Å². The minimum absolute atomic E-state index is 1.11. The van der Waals surface area contributed by atoms with E-state index in [0.717, 1.165) is 4.47 Å². The highest BCUT2D eigenvalue weighted by molar-refractivity contribution is 9.10. The minimum atomic E-state index is 1.11. The SMILES string of the molecule is Brc1ccc2sc3ccc4c5cc(-c6ccccc6)ccc5n(-c5ccccc5)c4c3c2c1. The van der Waals surface area contributed by atoms with E-state index in [2.05, 4.69) is 130 Å². The van der Waals surface area contributed by atoms with Crippen LogP contribution in [0, 0.1) is 0 Å². The van der Waals surface area contributed by atoms with Crippen LogP contribution in [0.5, 0.6) is 0 Å². The molecule has 2 heterocycles. The molecule has 0 N–H and O–H groups in total. The lowest BCUT2D eigenvalue weighted by atomic mass is 10.0. The van der Waals surface area contributed by atoms with Gasteiger partial charge in [0.15, 0.2) is 0 Å². The number of rotatable bonds is 2. The first-order valence-corrected chi connectivity index (χ1v) is 12.6. The highest BCUT2D eigenvalue weighted by atomic mass is 79.9. The smallest absolute Gasteiger partial charge is 0.0634 e. The predicted molar refractivity (Wildman–Crippen MR) is 147 cm³/mol. The van der Waals surface area contributed by atoms with Gasteiger partial charge < -0.3 is 4.57 Å². The average Bonchev–Trinajstić information content (AvgIpc) is 3.39. The number of benzene rings is 5. The second-order valence-corrected chi connectivity index (χ2v) is 10.3. The van der Waals surface area contributed by atoms with Crippen molar-refractivity contribution in [2.75, 3.05) is 0 Å². The number of hydrogen-bond donors (Lipinski definition) is 0. The summed E-state index contributed by atoms with van der Waals surface area (Å²) in [6.45, 7) is 0. The molecule has 0 saturated carbocycles. The van der Waals surface area contributed by atoms with Crippen molar-refractivity contribution < 1.29 is 0 Å². The molecule has 0 bridgehead atoms. The third kappa shape index (κ3) is 2.90. The molecule has 0 radical (unpaired) electrons. The summed E-state index contributed by atoms with van der Waals surface area (Å²) in [7, 11) is 0. The molecular formula is C30H18BrNS. The van der Waals surface area contributed by atoms with Gasteiger partial charge in [-0.05, 0) is 59.7 Å². The van der Waals surface area contributed by atoms with Gasteiger partial charge in [0.2, 0.25) is 0 Å². The Morgan fingerprint density at radius 3 is 2.15 bits per heavy atom. The standard InChI is InChI=1S/C30H18BrNS/c31-21-12-15-27-25(18-21)29-28(33-27)16-13-23-24-17-20(19-7-3-1-4-8-19)11-14-26(24)32(30(23)29)22-9-5-2-6-10-22/h1-18H. The van der Waals surface area contributed by atoms with E-state index >= 15 is 0 Å². The highest BCUT2D eigenvalue weighted by Crippen LogP contribution is 2.44. The van der Waals surface area contributed by atoms with E-state index < -0.39 is 0 Å². The number of thiophene rings is 1. The number of halogens is 1. The summed E-state index contributed by atoms with van der Waals surface area (Å²) >= 11 is 5.56. The molecule has 0 aliphatic heterocycles. The zero-order chi connectivity index (χ0) is 21.9. The molecule has 5 aromatic carbocycles. The Bertz CT molecular complexity index is 1810. The Hall–Kier alpha value is -3.40. The van der Waals surface area contributed by atoms with Crippen LogP contribution in [0.2, 0.25) is 0 Å². The van der Waals surface area contributed by atoms with Crippen LogP contribution in [-0.4, -0.2) is 4.57 Å². The summed E-state index contributed by atoms with van der Waals surface area (Å²) in [5.41, 5.74) is 6.19. The summed E-state index contributed by atoms with van der Waals surface area (Å²) < 4.78 is 6.18. The predicted octanol–water partition coefficient (Wildman–Crippen LogP) is 9.58.